The van der Waals surface area contributed by atoms with Crippen molar-refractivity contribution in [2.45, 2.75) is 0 Å². The number of carbonyl (C=O) groups is 1. The molecule has 0 saturated heterocycles. The summed E-state index contributed by atoms with van der Waals surface area (Å²) in [5.41, 5.74) is 2.15. The monoisotopic (exact) mass is 282 g/mol. The van der Waals surface area contributed by atoms with Crippen LogP contribution in [0.3, 0.4) is 0 Å². The van der Waals surface area contributed by atoms with Crippen molar-refractivity contribution in [1.82, 2.24) is 4.98 Å². The molecule has 1 heterocycles. The molecular weight excluding hydrogens is 268 g/mol. The molecule has 1 amide bonds. The fourth-order valence-corrected chi connectivity index (χ4v) is 1.93. The van der Waals surface area contributed by atoms with E-state index < -0.39 is 0 Å². The van der Waals surface area contributed by atoms with Crippen LogP contribution in [0.4, 0.5) is 5.69 Å². The van der Waals surface area contributed by atoms with Crippen LogP contribution in [0.1, 0.15) is 0 Å². The normalized spacial score (nSPS) is 10.5. The summed E-state index contributed by atoms with van der Waals surface area (Å²) in [5, 5.41) is 0. The summed E-state index contributed by atoms with van der Waals surface area (Å²) in [4.78, 5) is 17.8. The van der Waals surface area contributed by atoms with E-state index in [0.717, 1.165) is 5.69 Å². The van der Waals surface area contributed by atoms with Gasteiger partial charge in [-0.3, -0.25) is 4.79 Å². The summed E-state index contributed by atoms with van der Waals surface area (Å²) < 4.78 is 10.7. The standard InChI is InChI=1S/C16H14N2O3/c1-18(12-7-3-2-4-8-12)15(19)11-20-16-17-13-9-5-6-10-14(13)21-16/h2-10H,11H2,1H3. The maximum Gasteiger partial charge on any atom is 0.395 e. The zero-order valence-corrected chi connectivity index (χ0v) is 11.5. The van der Waals surface area contributed by atoms with E-state index in [4.69, 9.17) is 9.15 Å². The number of aromatic nitrogens is 1. The Labute approximate surface area is 121 Å². The van der Waals surface area contributed by atoms with E-state index in [2.05, 4.69) is 4.98 Å². The highest BCUT2D eigenvalue weighted by atomic mass is 16.6. The van der Waals surface area contributed by atoms with E-state index in [1.165, 1.54) is 4.90 Å². The molecule has 2 aromatic carbocycles. The molecular formula is C16H14N2O3. The highest BCUT2D eigenvalue weighted by Gasteiger charge is 2.13. The van der Waals surface area contributed by atoms with Gasteiger partial charge in [0.05, 0.1) is 0 Å². The van der Waals surface area contributed by atoms with Gasteiger partial charge in [0.25, 0.3) is 5.91 Å². The number of anilines is 1. The van der Waals surface area contributed by atoms with E-state index in [9.17, 15) is 4.79 Å². The van der Waals surface area contributed by atoms with Crippen molar-refractivity contribution in [2.24, 2.45) is 0 Å². The molecule has 0 atom stereocenters. The molecule has 106 valence electrons. The third-order valence-corrected chi connectivity index (χ3v) is 3.11. The lowest BCUT2D eigenvalue weighted by Gasteiger charge is -2.16. The minimum atomic E-state index is -0.177. The molecule has 0 aliphatic rings. The van der Waals surface area contributed by atoms with Crippen LogP contribution >= 0.6 is 0 Å². The lowest BCUT2D eigenvalue weighted by Crippen LogP contribution is -2.31. The van der Waals surface area contributed by atoms with Gasteiger partial charge in [0.1, 0.15) is 5.52 Å². The first-order chi connectivity index (χ1) is 10.2. The number of para-hydroxylation sites is 3. The molecule has 3 aromatic rings. The fraction of sp³-hybridized carbons (Fsp3) is 0.125. The molecule has 1 aromatic heterocycles. The van der Waals surface area contributed by atoms with Crippen molar-refractivity contribution in [3.63, 3.8) is 0 Å². The van der Waals surface area contributed by atoms with Crippen LogP contribution in [-0.2, 0) is 4.79 Å². The molecule has 21 heavy (non-hydrogen) atoms. The van der Waals surface area contributed by atoms with Crippen LogP contribution in [0, 0.1) is 0 Å². The molecule has 0 N–H and O–H groups in total. The van der Waals surface area contributed by atoms with Gasteiger partial charge in [-0.15, -0.1) is 0 Å². The van der Waals surface area contributed by atoms with Gasteiger partial charge in [-0.25, -0.2) is 0 Å². The van der Waals surface area contributed by atoms with Crippen LogP contribution in [0.2, 0.25) is 0 Å². The lowest BCUT2D eigenvalue weighted by molar-refractivity contribution is -0.120. The second kappa shape index (κ2) is 5.66. The van der Waals surface area contributed by atoms with Crippen molar-refractivity contribution in [3.8, 4) is 6.08 Å². The maximum absolute atomic E-state index is 12.1. The number of nitrogens with zero attached hydrogens (tertiary/aromatic N) is 2. The van der Waals surface area contributed by atoms with Gasteiger partial charge in [-0.1, -0.05) is 30.3 Å². The second-order valence-corrected chi connectivity index (χ2v) is 4.52. The van der Waals surface area contributed by atoms with Gasteiger partial charge in [-0.2, -0.15) is 4.98 Å². The molecule has 0 radical (unpaired) electrons. The van der Waals surface area contributed by atoms with Crippen molar-refractivity contribution < 1.29 is 13.9 Å². The van der Waals surface area contributed by atoms with Gasteiger partial charge < -0.3 is 14.1 Å². The van der Waals surface area contributed by atoms with E-state index >= 15 is 0 Å². The number of benzene rings is 2. The summed E-state index contributed by atoms with van der Waals surface area (Å²) in [6, 6.07) is 16.7. The fourth-order valence-electron chi connectivity index (χ4n) is 1.93. The number of carbonyl (C=O) groups excluding carboxylic acids is 1. The first-order valence-corrected chi connectivity index (χ1v) is 6.54. The summed E-state index contributed by atoms with van der Waals surface area (Å²) in [7, 11) is 1.70. The maximum atomic E-state index is 12.1. The SMILES string of the molecule is CN(C(=O)COc1nc2ccccc2o1)c1ccccc1. The van der Waals surface area contributed by atoms with Crippen molar-refractivity contribution in [3.05, 3.63) is 54.6 Å². The number of ether oxygens (including phenoxy) is 1. The Balaban J connectivity index is 1.65. The molecule has 5 nitrogen and oxygen atoms in total. The van der Waals surface area contributed by atoms with E-state index in [1.54, 1.807) is 13.1 Å². The van der Waals surface area contributed by atoms with E-state index in [1.807, 2.05) is 48.5 Å². The molecule has 3 rings (SSSR count). The van der Waals surface area contributed by atoms with Crippen molar-refractivity contribution in [2.75, 3.05) is 18.6 Å². The number of oxazole rings is 1. The highest BCUT2D eigenvalue weighted by molar-refractivity contribution is 5.93. The number of likely N-dealkylation sites (N-methyl/N-ethyl adjacent to an activating group) is 1. The zero-order chi connectivity index (χ0) is 14.7. The molecule has 0 saturated carbocycles. The smallest absolute Gasteiger partial charge is 0.395 e. The Morgan fingerprint density at radius 1 is 1.14 bits per heavy atom. The van der Waals surface area contributed by atoms with Crippen LogP contribution in [0.25, 0.3) is 11.1 Å². The molecule has 5 heteroatoms. The molecule has 0 fully saturated rings. The van der Waals surface area contributed by atoms with Gasteiger partial charge in [0.15, 0.2) is 12.2 Å². The Hall–Kier alpha value is -2.82. The lowest BCUT2D eigenvalue weighted by atomic mass is 10.3. The number of rotatable bonds is 4. The number of fused-ring (bicyclic) bond motifs is 1. The van der Waals surface area contributed by atoms with Crippen LogP contribution in [0.15, 0.2) is 59.0 Å². The Morgan fingerprint density at radius 3 is 2.62 bits per heavy atom. The first kappa shape index (κ1) is 13.2. The molecule has 0 spiro atoms. The quantitative estimate of drug-likeness (QED) is 0.738. The van der Waals surface area contributed by atoms with Gasteiger partial charge >= 0.3 is 6.08 Å². The summed E-state index contributed by atoms with van der Waals surface area (Å²) in [6.45, 7) is -0.127. The molecule has 0 bridgehead atoms. The summed E-state index contributed by atoms with van der Waals surface area (Å²) >= 11 is 0. The van der Waals surface area contributed by atoms with E-state index in [-0.39, 0.29) is 18.6 Å². The van der Waals surface area contributed by atoms with Crippen LogP contribution in [-0.4, -0.2) is 24.5 Å². The molecule has 0 unspecified atom stereocenters. The molecule has 0 aliphatic carbocycles. The van der Waals surface area contributed by atoms with Gasteiger partial charge in [0.2, 0.25) is 0 Å². The summed E-state index contributed by atoms with van der Waals surface area (Å²) in [5.74, 6) is -0.177. The minimum absolute atomic E-state index is 0.103. The van der Waals surface area contributed by atoms with Crippen LogP contribution < -0.4 is 9.64 Å². The van der Waals surface area contributed by atoms with Crippen molar-refractivity contribution >= 4 is 22.7 Å². The number of amides is 1. The first-order valence-electron chi connectivity index (χ1n) is 6.54. The predicted molar refractivity (Wildman–Crippen MR) is 79.4 cm³/mol. The van der Waals surface area contributed by atoms with Gasteiger partial charge in [-0.05, 0) is 24.3 Å². The van der Waals surface area contributed by atoms with E-state index in [0.29, 0.717) is 11.1 Å². The molecule has 0 aliphatic heterocycles. The largest absolute Gasteiger partial charge is 0.440 e. The third kappa shape index (κ3) is 2.86. The number of hydrogen-bond donors (Lipinski definition) is 0. The summed E-state index contributed by atoms with van der Waals surface area (Å²) in [6.07, 6.45) is 0.103. The van der Waals surface area contributed by atoms with Gasteiger partial charge in [0, 0.05) is 12.7 Å². The predicted octanol–water partition coefficient (Wildman–Crippen LogP) is 2.87. The Kier molecular flexibility index (Phi) is 3.55. The minimum Gasteiger partial charge on any atom is -0.440 e. The topological polar surface area (TPSA) is 55.6 Å². The Bertz CT molecular complexity index is 719. The highest BCUT2D eigenvalue weighted by Crippen LogP contribution is 2.20. The number of hydrogen-bond acceptors (Lipinski definition) is 4. The van der Waals surface area contributed by atoms with Crippen LogP contribution in [0.5, 0.6) is 6.08 Å². The Morgan fingerprint density at radius 2 is 1.86 bits per heavy atom. The van der Waals surface area contributed by atoms with Crippen molar-refractivity contribution in [1.29, 1.82) is 0 Å². The average molecular weight is 282 g/mol. The average Bonchev–Trinajstić information content (AvgIpc) is 2.95. The second-order valence-electron chi connectivity index (χ2n) is 4.52. The third-order valence-electron chi connectivity index (χ3n) is 3.11. The zero-order valence-electron chi connectivity index (χ0n) is 11.5.